The van der Waals surface area contributed by atoms with Gasteiger partial charge in [-0.15, -0.1) is 0 Å². The van der Waals surface area contributed by atoms with Crippen LogP contribution in [-0.4, -0.2) is 29.1 Å². The molecule has 0 bridgehead atoms. The molecule has 0 fully saturated rings. The van der Waals surface area contributed by atoms with Crippen LogP contribution in [0.5, 0.6) is 0 Å². The van der Waals surface area contributed by atoms with Gasteiger partial charge >= 0.3 is 0 Å². The molecular weight excluding hydrogens is 985 g/mol. The van der Waals surface area contributed by atoms with Gasteiger partial charge in [0.05, 0.1) is 109 Å². The Morgan fingerprint density at radius 3 is 1.18 bits per heavy atom. The minimum Gasteiger partial charge on any atom is -0.309 e. The molecule has 0 saturated carbocycles. The van der Waals surface area contributed by atoms with Crippen LogP contribution in [0.25, 0.3) is 123 Å². The summed E-state index contributed by atoms with van der Waals surface area (Å²) in [4.78, 5) is 20.1. The van der Waals surface area contributed by atoms with Gasteiger partial charge in [0, 0.05) is 66.7 Å². The zero-order valence-electron chi connectivity index (χ0n) is 42.0. The van der Waals surface area contributed by atoms with Crippen LogP contribution in [0.2, 0.25) is 0 Å². The molecule has 12 nitrogen and oxygen atoms in total. The molecule has 0 spiro atoms. The molecule has 13 rings (SSSR count). The first-order valence-electron chi connectivity index (χ1n) is 25.2. The van der Waals surface area contributed by atoms with Gasteiger partial charge in [0.25, 0.3) is 0 Å². The highest BCUT2D eigenvalue weighted by atomic mass is 15.0. The van der Waals surface area contributed by atoms with Crippen molar-refractivity contribution in [3.8, 4) is 115 Å². The molecule has 0 atom stereocenters. The summed E-state index contributed by atoms with van der Waals surface area (Å²) in [7, 11) is 0. The monoisotopic (exact) mass is 1020 g/mol. The molecule has 0 amide bonds. The number of pyridine rings is 1. The van der Waals surface area contributed by atoms with E-state index in [1.54, 1.807) is 6.20 Å². The summed E-state index contributed by atoms with van der Waals surface area (Å²) in [6.07, 6.45) is 3.63. The Balaban J connectivity index is 1.08. The molecule has 13 aromatic rings. The molecular formula is C68H34N12. The Labute approximate surface area is 457 Å². The van der Waals surface area contributed by atoms with Crippen molar-refractivity contribution in [1.82, 2.24) is 29.1 Å². The van der Waals surface area contributed by atoms with Gasteiger partial charge in [-0.25, -0.2) is 15.0 Å². The highest BCUT2D eigenvalue weighted by Gasteiger charge is 2.25. The molecule has 0 aliphatic heterocycles. The molecule has 0 unspecified atom stereocenters. The van der Waals surface area contributed by atoms with Crippen molar-refractivity contribution in [2.75, 3.05) is 0 Å². The molecule has 0 aliphatic carbocycles. The predicted octanol–water partition coefficient (Wildman–Crippen LogP) is 14.7. The van der Waals surface area contributed by atoms with Gasteiger partial charge in [-0.05, 0) is 83.9 Å². The summed E-state index contributed by atoms with van der Waals surface area (Å²) in [6, 6.07) is 75.0. The quantitative estimate of drug-likeness (QED) is 0.141. The van der Waals surface area contributed by atoms with Crippen molar-refractivity contribution in [2.24, 2.45) is 0 Å². The zero-order chi connectivity index (χ0) is 54.4. The fourth-order valence-electron chi connectivity index (χ4n) is 11.0. The minimum absolute atomic E-state index is 0.223. The summed E-state index contributed by atoms with van der Waals surface area (Å²) in [5.74, 6) is 1.48. The molecule has 0 radical (unpaired) electrons. The number of hydrogen-bond donors (Lipinski definition) is 0. The zero-order valence-corrected chi connectivity index (χ0v) is 42.0. The number of fused-ring (bicyclic) bond motifs is 6. The molecule has 4 heterocycles. The lowest BCUT2D eigenvalue weighted by Crippen LogP contribution is -2.04. The summed E-state index contributed by atoms with van der Waals surface area (Å²) >= 11 is 0. The van der Waals surface area contributed by atoms with E-state index in [-0.39, 0.29) is 33.4 Å². The Kier molecular flexibility index (Phi) is 11.5. The number of rotatable bonds is 8. The molecule has 9 aromatic carbocycles. The van der Waals surface area contributed by atoms with Crippen molar-refractivity contribution in [1.29, 1.82) is 31.6 Å². The second-order valence-electron chi connectivity index (χ2n) is 18.9. The fraction of sp³-hybridized carbons (Fsp3) is 0. The van der Waals surface area contributed by atoms with Crippen molar-refractivity contribution < 1.29 is 0 Å². The smallest absolute Gasteiger partial charge is 0.164 e. The van der Waals surface area contributed by atoms with Crippen LogP contribution in [0.4, 0.5) is 0 Å². The molecule has 4 aromatic heterocycles. The average molecular weight is 1020 g/mol. The fourth-order valence-corrected chi connectivity index (χ4v) is 11.0. The SMILES string of the molecule is N#Cc1cc(C#N)c(-c2ccc3c(c2)c2ccccc2n3-c2cnccc2-c2ccc(-c3nc(-c4ccccc4)nc(-c4ccccc4)n3)cc2-n2c3ccccc3c3cc(-c4c(C#N)cc(C#N)cc4C#N)ccc32)c(C#N)c1. The van der Waals surface area contributed by atoms with Gasteiger partial charge in [0.1, 0.15) is 0 Å². The van der Waals surface area contributed by atoms with E-state index < -0.39 is 0 Å². The molecule has 0 N–H and O–H groups in total. The first kappa shape index (κ1) is 47.4. The number of para-hydroxylation sites is 2. The van der Waals surface area contributed by atoms with Crippen LogP contribution < -0.4 is 0 Å². The van der Waals surface area contributed by atoms with Crippen molar-refractivity contribution >= 4 is 43.6 Å². The molecule has 80 heavy (non-hydrogen) atoms. The highest BCUT2D eigenvalue weighted by Crippen LogP contribution is 2.44. The molecule has 0 aliphatic rings. The summed E-state index contributed by atoms with van der Waals surface area (Å²) in [5.41, 5.74) is 12.6. The van der Waals surface area contributed by atoms with Crippen molar-refractivity contribution in [2.45, 2.75) is 0 Å². The van der Waals surface area contributed by atoms with Crippen LogP contribution in [0.3, 0.4) is 0 Å². The van der Waals surface area contributed by atoms with E-state index in [0.717, 1.165) is 77.2 Å². The van der Waals surface area contributed by atoms with Crippen molar-refractivity contribution in [3.05, 3.63) is 240 Å². The van der Waals surface area contributed by atoms with E-state index in [0.29, 0.717) is 45.3 Å². The molecule has 366 valence electrons. The maximum atomic E-state index is 10.4. The predicted molar refractivity (Wildman–Crippen MR) is 307 cm³/mol. The molecule has 12 heteroatoms. The van der Waals surface area contributed by atoms with Crippen LogP contribution in [-0.2, 0) is 0 Å². The lowest BCUT2D eigenvalue weighted by atomic mass is 9.92. The summed E-state index contributed by atoms with van der Waals surface area (Å²) in [6.45, 7) is 0. The van der Waals surface area contributed by atoms with Crippen molar-refractivity contribution in [3.63, 3.8) is 0 Å². The van der Waals surface area contributed by atoms with Gasteiger partial charge in [0.15, 0.2) is 17.5 Å². The van der Waals surface area contributed by atoms with E-state index >= 15 is 0 Å². The molecule has 0 saturated heterocycles. The Hall–Kier alpha value is -12.3. The number of nitrogens with zero attached hydrogens (tertiary/aromatic N) is 12. The summed E-state index contributed by atoms with van der Waals surface area (Å²) in [5, 5.41) is 64.4. The Bertz CT molecular complexity index is 4900. The normalized spacial score (nSPS) is 10.9. The first-order chi connectivity index (χ1) is 39.4. The van der Waals surface area contributed by atoms with Crippen LogP contribution >= 0.6 is 0 Å². The van der Waals surface area contributed by atoms with Crippen LogP contribution in [0.15, 0.2) is 207 Å². The third-order valence-electron chi connectivity index (χ3n) is 14.5. The van der Waals surface area contributed by atoms with E-state index in [2.05, 4.69) is 81.9 Å². The minimum atomic E-state index is 0.223. The average Bonchev–Trinajstić information content (AvgIpc) is 4.20. The van der Waals surface area contributed by atoms with Gasteiger partial charge in [-0.1, -0.05) is 121 Å². The van der Waals surface area contributed by atoms with E-state index in [4.69, 9.17) is 19.9 Å². The van der Waals surface area contributed by atoms with Crippen LogP contribution in [0.1, 0.15) is 33.4 Å². The maximum absolute atomic E-state index is 10.4. The topological polar surface area (TPSA) is 204 Å². The second kappa shape index (κ2) is 19.4. The van der Waals surface area contributed by atoms with Gasteiger partial charge in [-0.2, -0.15) is 31.6 Å². The number of hydrogen-bond acceptors (Lipinski definition) is 10. The third-order valence-corrected chi connectivity index (χ3v) is 14.5. The van der Waals surface area contributed by atoms with E-state index in [1.165, 1.54) is 24.3 Å². The number of benzene rings is 9. The Morgan fingerprint density at radius 1 is 0.312 bits per heavy atom. The van der Waals surface area contributed by atoms with E-state index in [1.807, 2.05) is 140 Å². The van der Waals surface area contributed by atoms with Gasteiger partial charge in [0.2, 0.25) is 0 Å². The Morgan fingerprint density at radius 2 is 0.713 bits per heavy atom. The summed E-state index contributed by atoms with van der Waals surface area (Å²) < 4.78 is 4.41. The largest absolute Gasteiger partial charge is 0.309 e. The number of aromatic nitrogens is 6. The lowest BCUT2D eigenvalue weighted by molar-refractivity contribution is 1.07. The second-order valence-corrected chi connectivity index (χ2v) is 18.9. The lowest BCUT2D eigenvalue weighted by Gasteiger charge is -2.19. The number of nitriles is 6. The maximum Gasteiger partial charge on any atom is 0.164 e. The van der Waals surface area contributed by atoms with E-state index in [9.17, 15) is 31.6 Å². The van der Waals surface area contributed by atoms with Gasteiger partial charge < -0.3 is 9.13 Å². The highest BCUT2D eigenvalue weighted by molar-refractivity contribution is 6.13. The van der Waals surface area contributed by atoms with Crippen LogP contribution in [0, 0.1) is 68.0 Å². The first-order valence-corrected chi connectivity index (χ1v) is 25.2. The van der Waals surface area contributed by atoms with Gasteiger partial charge in [-0.3, -0.25) is 4.98 Å². The third kappa shape index (κ3) is 7.80. The standard InChI is InChI=1S/C68H34N12/c69-34-41-27-48(36-71)64(49(28-41)37-72)45-20-23-60-56(31-45)52-15-7-9-17-58(52)79(60)62-33-47(68-77-66(43-11-3-1-4-12-43)76-67(78-68)44-13-5-2-6-14-44)19-22-54(62)55-25-26-75-40-63(55)80-59-18-10-8-16-53(59)57-32-46(21-24-61(57)80)65-50(38-73)29-42(35-70)30-51(65)39-74/h1-33,40H.